The van der Waals surface area contributed by atoms with Gasteiger partial charge in [0.1, 0.15) is 6.04 Å². The first kappa shape index (κ1) is 17.4. The maximum atomic E-state index is 5.93. The summed E-state index contributed by atoms with van der Waals surface area (Å²) in [5, 5.41) is 4.92. The normalized spacial score (nSPS) is 12.0. The lowest BCUT2D eigenvalue weighted by atomic mass is 10.1. The van der Waals surface area contributed by atoms with Crippen molar-refractivity contribution < 1.29 is 9.47 Å². The maximum absolute atomic E-state index is 5.93. The van der Waals surface area contributed by atoms with E-state index in [0.717, 1.165) is 5.56 Å². The molecule has 1 aromatic heterocycles. The van der Waals surface area contributed by atoms with Gasteiger partial charge in [-0.25, -0.2) is 4.68 Å². The summed E-state index contributed by atoms with van der Waals surface area (Å²) >= 11 is 6.59. The van der Waals surface area contributed by atoms with E-state index < -0.39 is 0 Å². The van der Waals surface area contributed by atoms with E-state index >= 15 is 0 Å². The molecule has 9 heteroatoms. The van der Waals surface area contributed by atoms with Crippen molar-refractivity contribution in [3.63, 3.8) is 0 Å². The highest BCUT2D eigenvalue weighted by Gasteiger charge is 2.21. The first-order valence-electron chi connectivity index (χ1n) is 6.76. The molecule has 0 aliphatic carbocycles. The van der Waals surface area contributed by atoms with Gasteiger partial charge >= 0.3 is 0 Å². The van der Waals surface area contributed by atoms with Crippen molar-refractivity contribution in [2.45, 2.75) is 17.6 Å². The van der Waals surface area contributed by atoms with Crippen LogP contribution in [-0.4, -0.2) is 40.2 Å². The van der Waals surface area contributed by atoms with Gasteiger partial charge in [-0.1, -0.05) is 30.0 Å². The molecule has 0 radical (unpaired) electrons. The molecule has 1 heterocycles. The maximum Gasteiger partial charge on any atom is 0.220 e. The standard InChI is InChI=1S/C14H19N5O2S2/c1-20-10-5-4-8(7-11(10)21-2)6-9(12(15)22)19-13(16)17-14(18-19)23-3/h4-5,7,9H,6H2,1-3H3,(H2,15,22)(H2,16,17,18). The second-order valence-electron chi connectivity index (χ2n) is 4.71. The summed E-state index contributed by atoms with van der Waals surface area (Å²) in [6.07, 6.45) is 2.40. The fourth-order valence-electron chi connectivity index (χ4n) is 2.17. The van der Waals surface area contributed by atoms with Crippen LogP contribution < -0.4 is 20.9 Å². The zero-order valence-electron chi connectivity index (χ0n) is 13.1. The molecule has 0 bridgehead atoms. The van der Waals surface area contributed by atoms with Crippen LogP contribution in [0.5, 0.6) is 11.5 Å². The summed E-state index contributed by atoms with van der Waals surface area (Å²) in [6, 6.07) is 5.28. The minimum atomic E-state index is -0.364. The number of aromatic nitrogens is 3. The number of rotatable bonds is 7. The van der Waals surface area contributed by atoms with Crippen LogP contribution in [0.4, 0.5) is 5.95 Å². The topological polar surface area (TPSA) is 101 Å². The van der Waals surface area contributed by atoms with E-state index in [0.29, 0.717) is 28.1 Å². The molecule has 23 heavy (non-hydrogen) atoms. The van der Waals surface area contributed by atoms with Gasteiger partial charge in [0.2, 0.25) is 11.1 Å². The van der Waals surface area contributed by atoms with Gasteiger partial charge in [0.15, 0.2) is 11.5 Å². The van der Waals surface area contributed by atoms with Crippen LogP contribution >= 0.6 is 24.0 Å². The third kappa shape index (κ3) is 3.85. The highest BCUT2D eigenvalue weighted by Crippen LogP contribution is 2.29. The Balaban J connectivity index is 2.33. The Bertz CT molecular complexity index is 704. The predicted molar refractivity (Wildman–Crippen MR) is 95.3 cm³/mol. The summed E-state index contributed by atoms with van der Waals surface area (Å²) < 4.78 is 12.1. The quantitative estimate of drug-likeness (QED) is 0.572. The number of nitrogens with two attached hydrogens (primary N) is 2. The van der Waals surface area contributed by atoms with Crippen molar-refractivity contribution in [3.05, 3.63) is 23.8 Å². The smallest absolute Gasteiger partial charge is 0.220 e. The lowest BCUT2D eigenvalue weighted by Gasteiger charge is -2.17. The van der Waals surface area contributed by atoms with Gasteiger partial charge in [0, 0.05) is 6.42 Å². The number of nitrogens with zero attached hydrogens (tertiary/aromatic N) is 3. The first-order valence-corrected chi connectivity index (χ1v) is 8.39. The van der Waals surface area contributed by atoms with Crippen LogP contribution in [0.3, 0.4) is 0 Å². The summed E-state index contributed by atoms with van der Waals surface area (Å²) in [4.78, 5) is 4.46. The number of hydrogen-bond donors (Lipinski definition) is 2. The molecule has 0 aliphatic heterocycles. The molecule has 2 aromatic rings. The number of thiocarbonyl (C=S) groups is 1. The molecule has 0 saturated carbocycles. The molecule has 0 fully saturated rings. The Morgan fingerprint density at radius 1 is 1.35 bits per heavy atom. The molecule has 2 rings (SSSR count). The second kappa shape index (κ2) is 7.51. The third-order valence-electron chi connectivity index (χ3n) is 3.32. The van der Waals surface area contributed by atoms with Crippen LogP contribution in [0.25, 0.3) is 0 Å². The Morgan fingerprint density at radius 3 is 2.57 bits per heavy atom. The van der Waals surface area contributed by atoms with E-state index in [2.05, 4.69) is 10.1 Å². The van der Waals surface area contributed by atoms with Gasteiger partial charge in [0.25, 0.3) is 0 Å². The molecule has 1 atom stereocenters. The summed E-state index contributed by atoms with van der Waals surface area (Å²) in [5.74, 6) is 1.59. The average Bonchev–Trinajstić information content (AvgIpc) is 2.92. The van der Waals surface area contributed by atoms with E-state index in [9.17, 15) is 0 Å². The van der Waals surface area contributed by atoms with Crippen LogP contribution in [0.15, 0.2) is 23.4 Å². The fraction of sp³-hybridized carbons (Fsp3) is 0.357. The molecule has 4 N–H and O–H groups in total. The second-order valence-corrected chi connectivity index (χ2v) is 5.96. The molecule has 7 nitrogen and oxygen atoms in total. The van der Waals surface area contributed by atoms with Gasteiger partial charge in [0.05, 0.1) is 19.2 Å². The van der Waals surface area contributed by atoms with E-state index in [1.165, 1.54) is 11.8 Å². The number of methoxy groups -OCH3 is 2. The van der Waals surface area contributed by atoms with E-state index in [1.807, 2.05) is 24.5 Å². The highest BCUT2D eigenvalue weighted by atomic mass is 32.2. The third-order valence-corrected chi connectivity index (χ3v) is 4.13. The average molecular weight is 353 g/mol. The van der Waals surface area contributed by atoms with Crippen LogP contribution in [0, 0.1) is 0 Å². The monoisotopic (exact) mass is 353 g/mol. The van der Waals surface area contributed by atoms with E-state index in [4.69, 9.17) is 33.2 Å². The van der Waals surface area contributed by atoms with Crippen LogP contribution in [0.1, 0.15) is 11.6 Å². The van der Waals surface area contributed by atoms with Gasteiger partial charge < -0.3 is 20.9 Å². The zero-order chi connectivity index (χ0) is 17.0. The van der Waals surface area contributed by atoms with Crippen molar-refractivity contribution in [1.82, 2.24) is 14.8 Å². The molecule has 1 aromatic carbocycles. The Labute approximate surface area is 144 Å². The lowest BCUT2D eigenvalue weighted by Crippen LogP contribution is -2.28. The molecule has 124 valence electrons. The number of ether oxygens (including phenoxy) is 2. The Morgan fingerprint density at radius 2 is 2.04 bits per heavy atom. The molecule has 0 spiro atoms. The molecular formula is C14H19N5O2S2. The Hall–Kier alpha value is -2.00. The van der Waals surface area contributed by atoms with Crippen molar-refractivity contribution in [3.8, 4) is 11.5 Å². The molecule has 0 saturated heterocycles. The molecule has 0 amide bonds. The number of nitrogen functional groups attached to an aromatic ring is 1. The predicted octanol–water partition coefficient (Wildman–Crippen LogP) is 1.67. The zero-order valence-corrected chi connectivity index (χ0v) is 14.8. The molecule has 1 unspecified atom stereocenters. The molecule has 0 aliphatic rings. The fourth-order valence-corrected chi connectivity index (χ4v) is 2.71. The number of anilines is 1. The van der Waals surface area contributed by atoms with Crippen LogP contribution in [0.2, 0.25) is 0 Å². The summed E-state index contributed by atoms with van der Waals surface area (Å²) in [6.45, 7) is 0. The van der Waals surface area contributed by atoms with Gasteiger partial charge in [-0.05, 0) is 24.0 Å². The number of thioether (sulfide) groups is 1. The van der Waals surface area contributed by atoms with Crippen LogP contribution in [-0.2, 0) is 6.42 Å². The van der Waals surface area contributed by atoms with Crippen molar-refractivity contribution >= 4 is 34.9 Å². The lowest BCUT2D eigenvalue weighted by molar-refractivity contribution is 0.354. The number of hydrogen-bond acceptors (Lipinski definition) is 7. The van der Waals surface area contributed by atoms with Crippen molar-refractivity contribution in [2.75, 3.05) is 26.2 Å². The van der Waals surface area contributed by atoms with E-state index in [-0.39, 0.29) is 12.0 Å². The SMILES string of the molecule is COc1ccc(CC(C(N)=S)n2nc(SC)nc2N)cc1OC. The van der Waals surface area contributed by atoms with Gasteiger partial charge in [-0.2, -0.15) is 4.98 Å². The van der Waals surface area contributed by atoms with Crippen molar-refractivity contribution in [1.29, 1.82) is 0 Å². The van der Waals surface area contributed by atoms with E-state index in [1.54, 1.807) is 18.9 Å². The Kier molecular flexibility index (Phi) is 5.67. The van der Waals surface area contributed by atoms with Gasteiger partial charge in [-0.15, -0.1) is 5.10 Å². The minimum absolute atomic E-state index is 0.285. The highest BCUT2D eigenvalue weighted by molar-refractivity contribution is 7.98. The van der Waals surface area contributed by atoms with Crippen molar-refractivity contribution in [2.24, 2.45) is 5.73 Å². The largest absolute Gasteiger partial charge is 0.493 e. The summed E-state index contributed by atoms with van der Waals surface area (Å²) in [5.41, 5.74) is 12.8. The number of benzene rings is 1. The minimum Gasteiger partial charge on any atom is -0.493 e. The first-order chi connectivity index (χ1) is 11.0. The van der Waals surface area contributed by atoms with Gasteiger partial charge in [-0.3, -0.25) is 0 Å². The summed E-state index contributed by atoms with van der Waals surface area (Å²) in [7, 11) is 3.18. The molecular weight excluding hydrogens is 334 g/mol.